The molecule has 0 aromatic heterocycles. The lowest BCUT2D eigenvalue weighted by Gasteiger charge is -2.32. The first-order valence-electron chi connectivity index (χ1n) is 11.8. The summed E-state index contributed by atoms with van der Waals surface area (Å²) in [6.45, 7) is 5.91. The lowest BCUT2D eigenvalue weighted by atomic mass is 9.70. The maximum atomic E-state index is 10.0. The van der Waals surface area contributed by atoms with Gasteiger partial charge in [-0.05, 0) is 67.6 Å². The SMILES string of the molecule is COc1ccc(CCNCCCC(C#N)(c2ccccc2Cl)C(C)C)cc1OC.O=C(O)/C=C/C(=O)O. The fraction of sp³-hybridized carbons (Fsp3) is 0.393. The van der Waals surface area contributed by atoms with Crippen LogP contribution in [0.25, 0.3) is 0 Å². The number of carbonyl (C=O) groups is 2. The molecule has 0 saturated carbocycles. The van der Waals surface area contributed by atoms with Gasteiger partial charge < -0.3 is 25.0 Å². The van der Waals surface area contributed by atoms with Gasteiger partial charge in [-0.25, -0.2) is 9.59 Å². The molecule has 3 N–H and O–H groups in total. The van der Waals surface area contributed by atoms with Crippen LogP contribution in [0, 0.1) is 17.2 Å². The predicted molar refractivity (Wildman–Crippen MR) is 143 cm³/mol. The van der Waals surface area contributed by atoms with E-state index in [1.165, 1.54) is 5.56 Å². The average Bonchev–Trinajstić information content (AvgIpc) is 2.88. The molecule has 0 saturated heterocycles. The van der Waals surface area contributed by atoms with E-state index in [0.29, 0.717) is 17.2 Å². The molecule has 1 atom stereocenters. The maximum Gasteiger partial charge on any atom is 0.328 e. The molecule has 0 aliphatic heterocycles. The van der Waals surface area contributed by atoms with Crippen LogP contribution in [0.3, 0.4) is 0 Å². The molecule has 0 fully saturated rings. The summed E-state index contributed by atoms with van der Waals surface area (Å²) in [5.41, 5.74) is 1.56. The predicted octanol–water partition coefficient (Wildman–Crippen LogP) is 5.10. The Bertz CT molecular complexity index is 1080. The minimum absolute atomic E-state index is 0.180. The zero-order valence-corrected chi connectivity index (χ0v) is 22.4. The van der Waals surface area contributed by atoms with Gasteiger partial charge in [-0.1, -0.05) is 49.7 Å². The molecule has 0 spiro atoms. The van der Waals surface area contributed by atoms with E-state index in [1.807, 2.05) is 36.4 Å². The summed E-state index contributed by atoms with van der Waals surface area (Å²) in [5.74, 6) is -0.843. The van der Waals surface area contributed by atoms with Crippen molar-refractivity contribution >= 4 is 23.5 Å². The number of nitrogens with zero attached hydrogens (tertiary/aromatic N) is 1. The number of hydrogen-bond donors (Lipinski definition) is 3. The third-order valence-electron chi connectivity index (χ3n) is 5.87. The van der Waals surface area contributed by atoms with Crippen molar-refractivity contribution in [1.29, 1.82) is 5.26 Å². The zero-order chi connectivity index (χ0) is 27.8. The highest BCUT2D eigenvalue weighted by Gasteiger charge is 2.36. The molecule has 0 heterocycles. The highest BCUT2D eigenvalue weighted by atomic mass is 35.5. The van der Waals surface area contributed by atoms with E-state index in [0.717, 1.165) is 49.4 Å². The van der Waals surface area contributed by atoms with E-state index in [2.05, 4.69) is 31.3 Å². The number of aliphatic carboxylic acids is 2. The number of carboxylic acids is 2. The lowest BCUT2D eigenvalue weighted by molar-refractivity contribution is -0.134. The molecule has 9 heteroatoms. The molecule has 8 nitrogen and oxygen atoms in total. The standard InChI is InChI=1S/C24H31ClN2O2.C4H4O4/c1-18(2)24(17-26,20-8-5-6-9-21(20)25)13-7-14-27-15-12-19-10-11-22(28-3)23(16-19)29-4;5-3(6)1-2-4(7)8/h5-6,8-11,16,18,27H,7,12-15H2,1-4H3;1-2H,(H,5,6)(H,7,8)/b;2-1+. The summed E-state index contributed by atoms with van der Waals surface area (Å²) in [6.07, 6.45) is 3.69. The minimum Gasteiger partial charge on any atom is -0.493 e. The number of ether oxygens (including phenoxy) is 2. The molecule has 2 rings (SSSR count). The van der Waals surface area contributed by atoms with E-state index >= 15 is 0 Å². The third kappa shape index (κ3) is 10.2. The van der Waals surface area contributed by atoms with Crippen LogP contribution in [0.15, 0.2) is 54.6 Å². The summed E-state index contributed by atoms with van der Waals surface area (Å²) in [5, 5.41) is 29.8. The van der Waals surface area contributed by atoms with Gasteiger partial charge in [0.15, 0.2) is 11.5 Å². The number of carboxylic acid groups (broad SMARTS) is 2. The molecule has 0 amide bonds. The molecule has 2 aromatic carbocycles. The second kappa shape index (κ2) is 16.3. The van der Waals surface area contributed by atoms with E-state index in [4.69, 9.17) is 31.3 Å². The van der Waals surface area contributed by atoms with Gasteiger partial charge in [-0.2, -0.15) is 5.26 Å². The van der Waals surface area contributed by atoms with E-state index in [1.54, 1.807) is 14.2 Å². The number of methoxy groups -OCH3 is 2. The summed E-state index contributed by atoms with van der Waals surface area (Å²) in [7, 11) is 3.29. The van der Waals surface area contributed by atoms with Crippen molar-refractivity contribution in [2.45, 2.75) is 38.5 Å². The van der Waals surface area contributed by atoms with Crippen molar-refractivity contribution in [1.82, 2.24) is 5.32 Å². The molecule has 0 aliphatic rings. The number of nitriles is 1. The molecular formula is C28H35ClN2O6. The van der Waals surface area contributed by atoms with Gasteiger partial charge in [0.05, 0.1) is 25.7 Å². The van der Waals surface area contributed by atoms with Gasteiger partial charge >= 0.3 is 11.9 Å². The molecule has 200 valence electrons. The Morgan fingerprint density at radius 3 is 2.19 bits per heavy atom. The van der Waals surface area contributed by atoms with Gasteiger partial charge in [0.25, 0.3) is 0 Å². The quantitative estimate of drug-likeness (QED) is 0.241. The van der Waals surface area contributed by atoms with Gasteiger partial charge in [-0.15, -0.1) is 0 Å². The largest absolute Gasteiger partial charge is 0.493 e. The molecule has 0 radical (unpaired) electrons. The van der Waals surface area contributed by atoms with Gasteiger partial charge in [0.1, 0.15) is 0 Å². The van der Waals surface area contributed by atoms with Crippen molar-refractivity contribution < 1.29 is 29.3 Å². The highest BCUT2D eigenvalue weighted by Crippen LogP contribution is 2.39. The summed E-state index contributed by atoms with van der Waals surface area (Å²) < 4.78 is 10.6. The monoisotopic (exact) mass is 530 g/mol. The Morgan fingerprint density at radius 2 is 1.68 bits per heavy atom. The van der Waals surface area contributed by atoms with Crippen molar-refractivity contribution in [3.63, 3.8) is 0 Å². The lowest BCUT2D eigenvalue weighted by Crippen LogP contribution is -2.32. The molecule has 0 bridgehead atoms. The number of hydrogen-bond acceptors (Lipinski definition) is 6. The topological polar surface area (TPSA) is 129 Å². The van der Waals surface area contributed by atoms with E-state index in [9.17, 15) is 14.9 Å². The van der Waals surface area contributed by atoms with Crippen molar-refractivity contribution in [2.75, 3.05) is 27.3 Å². The summed E-state index contributed by atoms with van der Waals surface area (Å²) >= 11 is 6.42. The molecule has 1 unspecified atom stereocenters. The maximum absolute atomic E-state index is 10.0. The Labute approximate surface area is 223 Å². The fourth-order valence-electron chi connectivity index (χ4n) is 3.83. The number of nitrogens with one attached hydrogen (secondary N) is 1. The van der Waals surface area contributed by atoms with Gasteiger partial charge in [-0.3, -0.25) is 0 Å². The van der Waals surface area contributed by atoms with Crippen LogP contribution in [0.1, 0.15) is 37.8 Å². The van der Waals surface area contributed by atoms with Crippen LogP contribution in [0.2, 0.25) is 5.02 Å². The van der Waals surface area contributed by atoms with Crippen LogP contribution in [-0.4, -0.2) is 49.5 Å². The Balaban J connectivity index is 0.000000738. The smallest absolute Gasteiger partial charge is 0.328 e. The van der Waals surface area contributed by atoms with Gasteiger partial charge in [0, 0.05) is 17.2 Å². The normalized spacial score (nSPS) is 12.2. The van der Waals surface area contributed by atoms with Crippen molar-refractivity contribution in [3.05, 3.63) is 70.8 Å². The van der Waals surface area contributed by atoms with Crippen molar-refractivity contribution in [2.24, 2.45) is 5.92 Å². The highest BCUT2D eigenvalue weighted by molar-refractivity contribution is 6.31. The first-order valence-corrected chi connectivity index (χ1v) is 12.2. The number of rotatable bonds is 13. The van der Waals surface area contributed by atoms with Crippen LogP contribution < -0.4 is 14.8 Å². The van der Waals surface area contributed by atoms with Crippen LogP contribution in [-0.2, 0) is 21.4 Å². The summed E-state index contributed by atoms with van der Waals surface area (Å²) in [4.78, 5) is 19.1. The Kier molecular flexibility index (Phi) is 13.8. The Hall–Kier alpha value is -3.54. The average molecular weight is 531 g/mol. The van der Waals surface area contributed by atoms with Crippen molar-refractivity contribution in [3.8, 4) is 17.6 Å². The second-order valence-electron chi connectivity index (χ2n) is 8.52. The number of halogens is 1. The second-order valence-corrected chi connectivity index (χ2v) is 8.93. The van der Waals surface area contributed by atoms with E-state index in [-0.39, 0.29) is 5.92 Å². The third-order valence-corrected chi connectivity index (χ3v) is 6.20. The molecule has 37 heavy (non-hydrogen) atoms. The van der Waals surface area contributed by atoms with E-state index < -0.39 is 17.4 Å². The van der Waals surface area contributed by atoms with Crippen LogP contribution in [0.5, 0.6) is 11.5 Å². The van der Waals surface area contributed by atoms with Crippen LogP contribution >= 0.6 is 11.6 Å². The van der Waals surface area contributed by atoms with Crippen LogP contribution in [0.4, 0.5) is 0 Å². The Morgan fingerprint density at radius 1 is 1.05 bits per heavy atom. The first-order chi connectivity index (χ1) is 17.6. The molecule has 0 aliphatic carbocycles. The zero-order valence-electron chi connectivity index (χ0n) is 21.7. The first kappa shape index (κ1) is 31.5. The van der Waals surface area contributed by atoms with Gasteiger partial charge in [0.2, 0.25) is 0 Å². The minimum atomic E-state index is -1.26. The fourth-order valence-corrected chi connectivity index (χ4v) is 4.14. The molecule has 2 aromatic rings. The number of benzene rings is 2. The summed E-state index contributed by atoms with van der Waals surface area (Å²) in [6, 6.07) is 16.3. The molecular weight excluding hydrogens is 496 g/mol.